The summed E-state index contributed by atoms with van der Waals surface area (Å²) in [6.07, 6.45) is 2.38. The molecule has 1 amide bonds. The van der Waals surface area contributed by atoms with E-state index >= 15 is 0 Å². The lowest BCUT2D eigenvalue weighted by molar-refractivity contribution is 0.0671. The van der Waals surface area contributed by atoms with Gasteiger partial charge in [-0.25, -0.2) is 0 Å². The zero-order valence-corrected chi connectivity index (χ0v) is 14.6. The lowest BCUT2D eigenvalue weighted by atomic mass is 10.1. The van der Waals surface area contributed by atoms with Crippen LogP contribution in [0.5, 0.6) is 0 Å². The Bertz CT molecular complexity index is 822. The predicted octanol–water partition coefficient (Wildman–Crippen LogP) is 3.07. The highest BCUT2D eigenvalue weighted by Gasteiger charge is 2.21. The van der Waals surface area contributed by atoms with E-state index in [2.05, 4.69) is 20.4 Å². The smallest absolute Gasteiger partial charge is 0.254 e. The second kappa shape index (κ2) is 7.29. The second-order valence-corrected chi connectivity index (χ2v) is 6.02. The van der Waals surface area contributed by atoms with E-state index in [4.69, 9.17) is 4.42 Å². The fourth-order valence-electron chi connectivity index (χ4n) is 2.50. The zero-order chi connectivity index (χ0) is 17.8. The van der Waals surface area contributed by atoms with Gasteiger partial charge in [0.1, 0.15) is 0 Å². The monoisotopic (exact) mass is 339 g/mol. The summed E-state index contributed by atoms with van der Waals surface area (Å²) in [6, 6.07) is 9.34. The van der Waals surface area contributed by atoms with Crippen molar-refractivity contribution in [3.8, 4) is 11.3 Å². The number of nitrogens with zero attached hydrogens (tertiary/aromatic N) is 4. The van der Waals surface area contributed by atoms with Gasteiger partial charge in [-0.05, 0) is 37.6 Å². The Morgan fingerprint density at radius 2 is 1.88 bits per heavy atom. The number of hydrogen-bond acceptors (Lipinski definition) is 5. The number of amides is 1. The molecular formula is C18H21N5O2. The summed E-state index contributed by atoms with van der Waals surface area (Å²) < 4.78 is 5.54. The van der Waals surface area contributed by atoms with Crippen LogP contribution in [0.25, 0.3) is 11.3 Å². The van der Waals surface area contributed by atoms with Crippen LogP contribution in [0.2, 0.25) is 0 Å². The molecule has 0 saturated carbocycles. The van der Waals surface area contributed by atoms with Crippen LogP contribution in [-0.4, -0.2) is 37.2 Å². The van der Waals surface area contributed by atoms with Gasteiger partial charge in [0.25, 0.3) is 5.91 Å². The van der Waals surface area contributed by atoms with Gasteiger partial charge in [-0.1, -0.05) is 19.1 Å². The number of hydrogen-bond donors (Lipinski definition) is 1. The van der Waals surface area contributed by atoms with E-state index in [1.54, 1.807) is 11.1 Å². The lowest BCUT2D eigenvalue weighted by Crippen LogP contribution is -2.36. The molecule has 0 radical (unpaired) electrons. The quantitative estimate of drug-likeness (QED) is 0.745. The molecule has 0 fully saturated rings. The number of aryl methyl sites for hydroxylation is 1. The van der Waals surface area contributed by atoms with E-state index in [0.717, 1.165) is 11.3 Å². The van der Waals surface area contributed by atoms with Crippen LogP contribution in [0.3, 0.4) is 0 Å². The third-order valence-corrected chi connectivity index (χ3v) is 3.94. The van der Waals surface area contributed by atoms with Crippen molar-refractivity contribution in [3.63, 3.8) is 0 Å². The molecule has 2 aromatic heterocycles. The van der Waals surface area contributed by atoms with Crippen LogP contribution < -0.4 is 0 Å². The number of rotatable bonds is 6. The SMILES string of the molecule is CCc1nnc(CN(C(=O)c2ccc(-c3ccn[nH]3)cc2)C(C)C)o1. The zero-order valence-electron chi connectivity index (χ0n) is 14.6. The molecule has 1 N–H and O–H groups in total. The molecule has 0 aliphatic carbocycles. The van der Waals surface area contributed by atoms with Crippen LogP contribution in [0, 0.1) is 0 Å². The van der Waals surface area contributed by atoms with Crippen LogP contribution in [0.15, 0.2) is 40.9 Å². The first-order valence-corrected chi connectivity index (χ1v) is 8.30. The van der Waals surface area contributed by atoms with Crippen molar-refractivity contribution >= 4 is 5.91 Å². The fraction of sp³-hybridized carbons (Fsp3) is 0.333. The van der Waals surface area contributed by atoms with Crippen molar-refractivity contribution < 1.29 is 9.21 Å². The minimum absolute atomic E-state index is 0.0109. The van der Waals surface area contributed by atoms with Gasteiger partial charge < -0.3 is 9.32 Å². The Morgan fingerprint density at radius 3 is 2.44 bits per heavy atom. The molecule has 7 heteroatoms. The summed E-state index contributed by atoms with van der Waals surface area (Å²) in [7, 11) is 0. The van der Waals surface area contributed by atoms with Crippen molar-refractivity contribution in [3.05, 3.63) is 53.9 Å². The largest absolute Gasteiger partial charge is 0.423 e. The van der Waals surface area contributed by atoms with Gasteiger partial charge in [0.15, 0.2) is 0 Å². The Kier molecular flexibility index (Phi) is 4.92. The van der Waals surface area contributed by atoms with E-state index < -0.39 is 0 Å². The molecule has 25 heavy (non-hydrogen) atoms. The second-order valence-electron chi connectivity index (χ2n) is 6.02. The van der Waals surface area contributed by atoms with Crippen LogP contribution in [0.1, 0.15) is 42.9 Å². The maximum Gasteiger partial charge on any atom is 0.254 e. The minimum Gasteiger partial charge on any atom is -0.423 e. The first kappa shape index (κ1) is 16.9. The molecule has 2 heterocycles. The molecular weight excluding hydrogens is 318 g/mol. The van der Waals surface area contributed by atoms with Gasteiger partial charge in [-0.15, -0.1) is 10.2 Å². The van der Waals surface area contributed by atoms with Crippen LogP contribution >= 0.6 is 0 Å². The molecule has 0 aliphatic heterocycles. The van der Waals surface area contributed by atoms with Crippen molar-refractivity contribution in [1.29, 1.82) is 0 Å². The maximum atomic E-state index is 12.9. The van der Waals surface area contributed by atoms with Gasteiger partial charge in [0.05, 0.1) is 12.2 Å². The molecule has 0 spiro atoms. The van der Waals surface area contributed by atoms with Crippen LogP contribution in [-0.2, 0) is 13.0 Å². The van der Waals surface area contributed by atoms with Crippen molar-refractivity contribution in [1.82, 2.24) is 25.3 Å². The van der Waals surface area contributed by atoms with Gasteiger partial charge in [-0.2, -0.15) is 5.10 Å². The normalized spacial score (nSPS) is 11.0. The summed E-state index contributed by atoms with van der Waals surface area (Å²) in [5, 5.41) is 14.8. The van der Waals surface area contributed by atoms with Gasteiger partial charge in [0, 0.05) is 24.2 Å². The third-order valence-electron chi connectivity index (χ3n) is 3.94. The summed E-state index contributed by atoms with van der Waals surface area (Å²) in [5.74, 6) is 0.963. The Hall–Kier alpha value is -2.96. The number of aromatic nitrogens is 4. The standard InChI is InChI=1S/C18H21N5O2/c1-4-16-21-22-17(25-16)11-23(12(2)3)18(24)14-7-5-13(6-8-14)15-9-10-19-20-15/h5-10,12H,4,11H2,1-3H3,(H,19,20). The van der Waals surface area contributed by atoms with Crippen LogP contribution in [0.4, 0.5) is 0 Å². The number of benzene rings is 1. The summed E-state index contributed by atoms with van der Waals surface area (Å²) in [5.41, 5.74) is 2.51. The van der Waals surface area contributed by atoms with Gasteiger partial charge in [-0.3, -0.25) is 9.89 Å². The molecule has 0 aliphatic rings. The highest BCUT2D eigenvalue weighted by molar-refractivity contribution is 5.94. The number of carbonyl (C=O) groups is 1. The summed E-state index contributed by atoms with van der Waals surface area (Å²) in [6.45, 7) is 6.18. The molecule has 7 nitrogen and oxygen atoms in total. The Labute approximate surface area is 146 Å². The van der Waals surface area contributed by atoms with Crippen molar-refractivity contribution in [2.75, 3.05) is 0 Å². The minimum atomic E-state index is -0.0672. The Balaban J connectivity index is 1.78. The maximum absolute atomic E-state index is 12.9. The van der Waals surface area contributed by atoms with E-state index in [0.29, 0.717) is 30.3 Å². The van der Waals surface area contributed by atoms with E-state index in [1.807, 2.05) is 51.1 Å². The molecule has 0 atom stereocenters. The predicted molar refractivity (Wildman–Crippen MR) is 92.7 cm³/mol. The molecule has 0 unspecified atom stereocenters. The lowest BCUT2D eigenvalue weighted by Gasteiger charge is -2.25. The molecule has 0 saturated heterocycles. The number of H-pyrrole nitrogens is 1. The van der Waals surface area contributed by atoms with E-state index in [9.17, 15) is 4.79 Å². The third kappa shape index (κ3) is 3.76. The number of carbonyl (C=O) groups excluding carboxylic acids is 1. The van der Waals surface area contributed by atoms with Crippen molar-refractivity contribution in [2.24, 2.45) is 0 Å². The molecule has 3 aromatic rings. The first-order valence-electron chi connectivity index (χ1n) is 8.30. The molecule has 1 aromatic carbocycles. The Morgan fingerprint density at radius 1 is 1.16 bits per heavy atom. The highest BCUT2D eigenvalue weighted by Crippen LogP contribution is 2.19. The average molecular weight is 339 g/mol. The molecule has 0 bridgehead atoms. The molecule has 3 rings (SSSR count). The average Bonchev–Trinajstić information content (AvgIpc) is 3.30. The highest BCUT2D eigenvalue weighted by atomic mass is 16.4. The van der Waals surface area contributed by atoms with Gasteiger partial charge in [0.2, 0.25) is 11.8 Å². The van der Waals surface area contributed by atoms with Gasteiger partial charge >= 0.3 is 0 Å². The van der Waals surface area contributed by atoms with E-state index in [-0.39, 0.29) is 11.9 Å². The molecule has 130 valence electrons. The van der Waals surface area contributed by atoms with Crippen molar-refractivity contribution in [2.45, 2.75) is 39.8 Å². The summed E-state index contributed by atoms with van der Waals surface area (Å²) >= 11 is 0. The first-order chi connectivity index (χ1) is 12.1. The van der Waals surface area contributed by atoms with E-state index in [1.165, 1.54) is 0 Å². The number of aromatic amines is 1. The number of nitrogens with one attached hydrogen (secondary N) is 1. The topological polar surface area (TPSA) is 87.9 Å². The fourth-order valence-corrected chi connectivity index (χ4v) is 2.50. The summed E-state index contributed by atoms with van der Waals surface area (Å²) in [4.78, 5) is 14.6.